The quantitative estimate of drug-likeness (QED) is 0.662. The Morgan fingerprint density at radius 2 is 1.71 bits per heavy atom. The number of hydrogen-bond acceptors (Lipinski definition) is 2. The number of carbonyl (C=O) groups excluding carboxylic acids is 2. The molecule has 134 valence electrons. The molecule has 4 saturated carbocycles. The van der Waals surface area contributed by atoms with Gasteiger partial charge in [-0.05, 0) is 85.9 Å². The molecule has 0 radical (unpaired) electrons. The van der Waals surface area contributed by atoms with Crippen LogP contribution in [0.4, 0.5) is 0 Å². The first-order valence-electron chi connectivity index (χ1n) is 10.2. The molecule has 7 atom stereocenters. The van der Waals surface area contributed by atoms with Crippen LogP contribution in [-0.4, -0.2) is 11.6 Å². The molecule has 4 aliphatic carbocycles. The predicted molar refractivity (Wildman–Crippen MR) is 95.5 cm³/mol. The van der Waals surface area contributed by atoms with E-state index in [9.17, 15) is 9.59 Å². The summed E-state index contributed by atoms with van der Waals surface area (Å²) < 4.78 is 0. The third-order valence-corrected chi connectivity index (χ3v) is 9.66. The summed E-state index contributed by atoms with van der Waals surface area (Å²) in [5, 5.41) is 0. The molecule has 4 fully saturated rings. The zero-order valence-corrected chi connectivity index (χ0v) is 16.0. The highest BCUT2D eigenvalue weighted by molar-refractivity contribution is 5.80. The molecule has 0 amide bonds. The second-order valence-electron chi connectivity index (χ2n) is 10.4. The number of hydrogen-bond donors (Lipinski definition) is 0. The summed E-state index contributed by atoms with van der Waals surface area (Å²) in [7, 11) is 0. The van der Waals surface area contributed by atoms with Gasteiger partial charge in [0.25, 0.3) is 0 Å². The minimum Gasteiger partial charge on any atom is -0.300 e. The summed E-state index contributed by atoms with van der Waals surface area (Å²) in [4.78, 5) is 24.3. The molecule has 0 aromatic carbocycles. The van der Waals surface area contributed by atoms with E-state index in [1.807, 2.05) is 6.92 Å². The second-order valence-corrected chi connectivity index (χ2v) is 10.4. The normalized spacial score (nSPS) is 53.9. The van der Waals surface area contributed by atoms with Crippen molar-refractivity contribution >= 4 is 11.6 Å². The van der Waals surface area contributed by atoms with E-state index in [1.165, 1.54) is 32.1 Å². The highest BCUT2D eigenvalue weighted by atomic mass is 16.1. The molecular weight excluding hydrogens is 296 g/mol. The van der Waals surface area contributed by atoms with Crippen LogP contribution in [0.1, 0.15) is 85.5 Å². The van der Waals surface area contributed by atoms with Crippen LogP contribution in [-0.2, 0) is 9.59 Å². The molecule has 24 heavy (non-hydrogen) atoms. The molecule has 2 nitrogen and oxygen atoms in total. The lowest BCUT2D eigenvalue weighted by Gasteiger charge is -2.64. The van der Waals surface area contributed by atoms with Crippen LogP contribution in [0.3, 0.4) is 0 Å². The van der Waals surface area contributed by atoms with E-state index in [0.717, 1.165) is 43.4 Å². The summed E-state index contributed by atoms with van der Waals surface area (Å²) in [6.45, 7) is 9.15. The molecule has 0 aromatic rings. The van der Waals surface area contributed by atoms with E-state index in [0.29, 0.717) is 22.9 Å². The Bertz CT molecular complexity index is 581. The second kappa shape index (κ2) is 5.17. The standard InChI is InChI=1S/C22H34O2/c1-14(23)17-5-6-18-16-8-10-20(2)13-15(24)7-12-22(20,4)19(16)9-11-21(17,18)3/h16-19H,5-13H2,1-4H3/t16-,17+,18-,19-,20+,21+,22-/m1/s1. The van der Waals surface area contributed by atoms with Crippen molar-refractivity contribution in [2.45, 2.75) is 85.5 Å². The van der Waals surface area contributed by atoms with Crippen LogP contribution in [0.5, 0.6) is 0 Å². The number of carbonyl (C=O) groups is 2. The van der Waals surface area contributed by atoms with Crippen molar-refractivity contribution < 1.29 is 9.59 Å². The Labute approximate surface area is 147 Å². The Morgan fingerprint density at radius 3 is 2.42 bits per heavy atom. The van der Waals surface area contributed by atoms with Gasteiger partial charge in [-0.3, -0.25) is 9.59 Å². The number of fused-ring (bicyclic) bond motifs is 5. The molecule has 0 N–H and O–H groups in total. The Balaban J connectivity index is 1.66. The third kappa shape index (κ3) is 2.01. The van der Waals surface area contributed by atoms with E-state index in [4.69, 9.17) is 0 Å². The van der Waals surface area contributed by atoms with Gasteiger partial charge in [0.15, 0.2) is 0 Å². The maximum Gasteiger partial charge on any atom is 0.133 e. The number of Topliss-reactive ketones (excluding diaryl/α,β-unsaturated/α-hetero) is 2. The summed E-state index contributed by atoms with van der Waals surface area (Å²) in [6.07, 6.45) is 10.1. The van der Waals surface area contributed by atoms with Crippen molar-refractivity contribution in [3.05, 3.63) is 0 Å². The maximum atomic E-state index is 12.2. The van der Waals surface area contributed by atoms with Gasteiger partial charge in [0, 0.05) is 18.8 Å². The summed E-state index contributed by atoms with van der Waals surface area (Å²) >= 11 is 0. The Morgan fingerprint density at radius 1 is 0.958 bits per heavy atom. The Hall–Kier alpha value is -0.660. The first-order valence-corrected chi connectivity index (χ1v) is 10.2. The summed E-state index contributed by atoms with van der Waals surface area (Å²) in [5.74, 6) is 3.52. The minimum atomic E-state index is 0.218. The van der Waals surface area contributed by atoms with E-state index in [-0.39, 0.29) is 10.8 Å². The molecule has 2 heteroatoms. The van der Waals surface area contributed by atoms with E-state index in [2.05, 4.69) is 20.8 Å². The molecule has 4 aliphatic rings. The molecule has 0 unspecified atom stereocenters. The first-order chi connectivity index (χ1) is 11.2. The Kier molecular flexibility index (Phi) is 3.62. The smallest absolute Gasteiger partial charge is 0.133 e. The van der Waals surface area contributed by atoms with Gasteiger partial charge in [-0.1, -0.05) is 20.8 Å². The van der Waals surface area contributed by atoms with E-state index < -0.39 is 0 Å². The summed E-state index contributed by atoms with van der Waals surface area (Å²) in [6, 6.07) is 0. The molecule has 0 heterocycles. The van der Waals surface area contributed by atoms with Crippen molar-refractivity contribution in [3.63, 3.8) is 0 Å². The van der Waals surface area contributed by atoms with Gasteiger partial charge in [0.1, 0.15) is 11.6 Å². The molecular formula is C22H34O2. The van der Waals surface area contributed by atoms with Crippen molar-refractivity contribution in [3.8, 4) is 0 Å². The van der Waals surface area contributed by atoms with Crippen molar-refractivity contribution in [1.82, 2.24) is 0 Å². The van der Waals surface area contributed by atoms with Crippen molar-refractivity contribution in [2.24, 2.45) is 39.9 Å². The van der Waals surface area contributed by atoms with Crippen LogP contribution in [0.25, 0.3) is 0 Å². The monoisotopic (exact) mass is 330 g/mol. The zero-order valence-electron chi connectivity index (χ0n) is 16.0. The van der Waals surface area contributed by atoms with Crippen LogP contribution < -0.4 is 0 Å². The fourth-order valence-electron chi connectivity index (χ4n) is 8.07. The van der Waals surface area contributed by atoms with Gasteiger partial charge in [0.2, 0.25) is 0 Å². The van der Waals surface area contributed by atoms with Crippen LogP contribution >= 0.6 is 0 Å². The van der Waals surface area contributed by atoms with Gasteiger partial charge >= 0.3 is 0 Å². The predicted octanol–water partition coefficient (Wildman–Crippen LogP) is 5.19. The van der Waals surface area contributed by atoms with Crippen molar-refractivity contribution in [2.75, 3.05) is 0 Å². The minimum absolute atomic E-state index is 0.218. The topological polar surface area (TPSA) is 34.1 Å². The largest absolute Gasteiger partial charge is 0.300 e. The molecule has 0 saturated heterocycles. The van der Waals surface area contributed by atoms with E-state index >= 15 is 0 Å². The fraction of sp³-hybridized carbons (Fsp3) is 0.909. The highest BCUT2D eigenvalue weighted by Gasteiger charge is 2.63. The molecule has 4 rings (SSSR count). The molecule has 0 aliphatic heterocycles. The molecule has 0 aromatic heterocycles. The van der Waals surface area contributed by atoms with Crippen molar-refractivity contribution in [1.29, 1.82) is 0 Å². The van der Waals surface area contributed by atoms with Gasteiger partial charge in [-0.2, -0.15) is 0 Å². The number of rotatable bonds is 1. The maximum absolute atomic E-state index is 12.2. The first kappa shape index (κ1) is 16.8. The molecule has 0 spiro atoms. The average Bonchev–Trinajstić information content (AvgIpc) is 2.86. The lowest BCUT2D eigenvalue weighted by molar-refractivity contribution is -0.164. The molecule has 0 bridgehead atoms. The van der Waals surface area contributed by atoms with Crippen LogP contribution in [0.15, 0.2) is 0 Å². The van der Waals surface area contributed by atoms with Crippen LogP contribution in [0, 0.1) is 39.9 Å². The van der Waals surface area contributed by atoms with E-state index in [1.54, 1.807) is 0 Å². The summed E-state index contributed by atoms with van der Waals surface area (Å²) in [5.41, 5.74) is 0.802. The lowest BCUT2D eigenvalue weighted by Crippen LogP contribution is -2.57. The zero-order chi connectivity index (χ0) is 17.3. The number of ketones is 2. The van der Waals surface area contributed by atoms with Gasteiger partial charge in [0.05, 0.1) is 0 Å². The van der Waals surface area contributed by atoms with Gasteiger partial charge in [-0.25, -0.2) is 0 Å². The fourth-order valence-corrected chi connectivity index (χ4v) is 8.07. The highest BCUT2D eigenvalue weighted by Crippen LogP contribution is 2.70. The SMILES string of the molecule is CC(=O)[C@@H]1CC[C@@H]2[C@H]3CC[C@@]4(C)CC(=O)CC[C@]4(C)[C@@H]3CC[C@]21C. The third-order valence-electron chi connectivity index (χ3n) is 9.66. The van der Waals surface area contributed by atoms with Gasteiger partial charge in [-0.15, -0.1) is 0 Å². The van der Waals surface area contributed by atoms with Gasteiger partial charge < -0.3 is 0 Å². The van der Waals surface area contributed by atoms with Crippen LogP contribution in [0.2, 0.25) is 0 Å². The lowest BCUT2D eigenvalue weighted by atomic mass is 9.40. The average molecular weight is 331 g/mol.